The molecule has 0 atom stereocenters. The van der Waals surface area contributed by atoms with E-state index >= 15 is 0 Å². The Bertz CT molecular complexity index is 773. The van der Waals surface area contributed by atoms with Crippen LogP contribution in [-0.2, 0) is 18.4 Å². The van der Waals surface area contributed by atoms with Crippen LogP contribution < -0.4 is 15.8 Å². The van der Waals surface area contributed by atoms with Crippen LogP contribution in [0.5, 0.6) is 0 Å². The number of amides is 1. The van der Waals surface area contributed by atoms with Gasteiger partial charge in [-0.3, -0.25) is 14.2 Å². The highest BCUT2D eigenvalue weighted by molar-refractivity contribution is 7.98. The van der Waals surface area contributed by atoms with Crippen molar-refractivity contribution in [3.63, 3.8) is 0 Å². The second kappa shape index (κ2) is 5.84. The smallest absolute Gasteiger partial charge is 0.261 e. The normalized spacial score (nSPS) is 14.3. The summed E-state index contributed by atoms with van der Waals surface area (Å²) in [5.74, 6) is 0.413. The third-order valence-electron chi connectivity index (χ3n) is 3.62. The molecule has 2 aromatic rings. The van der Waals surface area contributed by atoms with Crippen molar-refractivity contribution in [2.45, 2.75) is 11.7 Å². The first-order valence-corrected chi connectivity index (χ1v) is 8.07. The number of carbonyl (C=O) groups excluding carboxylic acids is 1. The van der Waals surface area contributed by atoms with E-state index in [1.807, 2.05) is 36.6 Å². The number of nitrogens with zero attached hydrogens (tertiary/aromatic N) is 3. The van der Waals surface area contributed by atoms with Gasteiger partial charge in [0, 0.05) is 12.7 Å². The molecule has 1 aliphatic rings. The van der Waals surface area contributed by atoms with Crippen LogP contribution in [0.2, 0.25) is 0 Å². The fourth-order valence-corrected chi connectivity index (χ4v) is 2.98. The largest absolute Gasteiger partial charge is 0.360 e. The average Bonchev–Trinajstić information content (AvgIpc) is 2.71. The third-order valence-corrected chi connectivity index (χ3v) is 4.35. The van der Waals surface area contributed by atoms with Gasteiger partial charge in [0.2, 0.25) is 5.91 Å². The number of aromatic nitrogens is 2. The van der Waals surface area contributed by atoms with Crippen molar-refractivity contribution < 1.29 is 4.79 Å². The van der Waals surface area contributed by atoms with Gasteiger partial charge in [0.05, 0.1) is 18.7 Å². The van der Waals surface area contributed by atoms with Crippen LogP contribution in [0.4, 0.5) is 11.5 Å². The van der Waals surface area contributed by atoms with Crippen LogP contribution in [0.1, 0.15) is 5.56 Å². The van der Waals surface area contributed by atoms with Gasteiger partial charge < -0.3 is 10.2 Å². The fraction of sp³-hybridized carbons (Fsp3) is 0.267. The lowest BCUT2D eigenvalue weighted by Gasteiger charge is -2.20. The van der Waals surface area contributed by atoms with Gasteiger partial charge >= 0.3 is 0 Å². The first-order valence-electron chi connectivity index (χ1n) is 6.85. The zero-order valence-corrected chi connectivity index (χ0v) is 13.2. The maximum absolute atomic E-state index is 12.6. The Kier molecular flexibility index (Phi) is 3.89. The van der Waals surface area contributed by atoms with Crippen molar-refractivity contribution >= 4 is 29.2 Å². The molecule has 0 unspecified atom stereocenters. The molecule has 0 radical (unpaired) electrons. The Labute approximate surface area is 132 Å². The summed E-state index contributed by atoms with van der Waals surface area (Å²) in [6.45, 7) is 0.343. The molecule has 1 aromatic carbocycles. The molecule has 6 nitrogen and oxygen atoms in total. The number of hydrogen-bond donors (Lipinski definition) is 1. The number of benzene rings is 1. The number of fused-ring (bicyclic) bond motifs is 1. The fourth-order valence-electron chi connectivity index (χ4n) is 2.44. The number of anilines is 2. The molecule has 0 aliphatic carbocycles. The lowest BCUT2D eigenvalue weighted by atomic mass is 10.2. The highest BCUT2D eigenvalue weighted by Gasteiger charge is 2.25. The molecule has 3 rings (SSSR count). The SMILES string of the molecule is CSc1nc2c(c(=O)n1C)CN(c1ccccc1)C(=O)CN2. The van der Waals surface area contributed by atoms with E-state index in [-0.39, 0.29) is 24.6 Å². The summed E-state index contributed by atoms with van der Waals surface area (Å²) >= 11 is 1.40. The maximum atomic E-state index is 12.6. The molecular formula is C15H16N4O2S. The van der Waals surface area contributed by atoms with E-state index in [1.54, 1.807) is 11.9 Å². The van der Waals surface area contributed by atoms with Crippen molar-refractivity contribution in [1.82, 2.24) is 9.55 Å². The number of nitrogens with one attached hydrogen (secondary N) is 1. The molecular weight excluding hydrogens is 300 g/mol. The number of para-hydroxylation sites is 1. The summed E-state index contributed by atoms with van der Waals surface area (Å²) in [6.07, 6.45) is 1.87. The first kappa shape index (κ1) is 14.6. The predicted octanol–water partition coefficient (Wildman–Crippen LogP) is 1.46. The summed E-state index contributed by atoms with van der Waals surface area (Å²) in [4.78, 5) is 31.0. The lowest BCUT2D eigenvalue weighted by Crippen LogP contribution is -2.34. The van der Waals surface area contributed by atoms with Gasteiger partial charge in [-0.15, -0.1) is 0 Å². The summed E-state index contributed by atoms with van der Waals surface area (Å²) in [6, 6.07) is 9.35. The average molecular weight is 316 g/mol. The van der Waals surface area contributed by atoms with Gasteiger partial charge in [0.25, 0.3) is 5.56 Å². The van der Waals surface area contributed by atoms with Crippen molar-refractivity contribution in [2.24, 2.45) is 7.05 Å². The van der Waals surface area contributed by atoms with Crippen molar-refractivity contribution in [3.05, 3.63) is 46.2 Å². The minimum absolute atomic E-state index is 0.0862. The predicted molar refractivity (Wildman–Crippen MR) is 87.4 cm³/mol. The van der Waals surface area contributed by atoms with Crippen molar-refractivity contribution in [3.8, 4) is 0 Å². The van der Waals surface area contributed by atoms with E-state index in [0.717, 1.165) is 5.69 Å². The van der Waals surface area contributed by atoms with Crippen LogP contribution in [-0.4, -0.2) is 28.3 Å². The molecule has 114 valence electrons. The number of carbonyl (C=O) groups is 1. The quantitative estimate of drug-likeness (QED) is 0.671. The Hall–Kier alpha value is -2.28. The molecule has 0 spiro atoms. The minimum atomic E-state index is -0.127. The Balaban J connectivity index is 2.09. The van der Waals surface area contributed by atoms with Gasteiger partial charge in [-0.1, -0.05) is 30.0 Å². The van der Waals surface area contributed by atoms with Gasteiger partial charge in [-0.25, -0.2) is 4.98 Å². The van der Waals surface area contributed by atoms with E-state index in [0.29, 0.717) is 16.5 Å². The standard InChI is InChI=1S/C15H16N4O2S/c1-18-14(21)11-9-19(10-6-4-3-5-7-10)12(20)8-16-13(11)17-15(18)22-2/h3-7,16H,8-9H2,1-2H3. The van der Waals surface area contributed by atoms with Gasteiger partial charge in [0.1, 0.15) is 5.82 Å². The second-order valence-electron chi connectivity index (χ2n) is 4.96. The van der Waals surface area contributed by atoms with E-state index in [1.165, 1.54) is 16.3 Å². The highest BCUT2D eigenvalue weighted by atomic mass is 32.2. The summed E-state index contributed by atoms with van der Waals surface area (Å²) in [5.41, 5.74) is 1.16. The molecule has 1 aromatic heterocycles. The molecule has 0 bridgehead atoms. The van der Waals surface area contributed by atoms with Crippen molar-refractivity contribution in [2.75, 3.05) is 23.0 Å². The van der Waals surface area contributed by atoms with Crippen molar-refractivity contribution in [1.29, 1.82) is 0 Å². The Morgan fingerprint density at radius 1 is 1.23 bits per heavy atom. The van der Waals surface area contributed by atoms with E-state index in [2.05, 4.69) is 10.3 Å². The molecule has 22 heavy (non-hydrogen) atoms. The summed E-state index contributed by atoms with van der Waals surface area (Å²) < 4.78 is 1.52. The van der Waals surface area contributed by atoms with Gasteiger partial charge in [-0.05, 0) is 18.4 Å². The minimum Gasteiger partial charge on any atom is -0.360 e. The molecule has 2 heterocycles. The first-order chi connectivity index (χ1) is 10.6. The summed E-state index contributed by atoms with van der Waals surface area (Å²) in [5, 5.41) is 3.61. The van der Waals surface area contributed by atoms with E-state index in [9.17, 15) is 9.59 Å². The number of hydrogen-bond acceptors (Lipinski definition) is 5. The number of rotatable bonds is 2. The molecule has 1 aliphatic heterocycles. The zero-order chi connectivity index (χ0) is 15.7. The zero-order valence-electron chi connectivity index (χ0n) is 12.4. The Morgan fingerprint density at radius 3 is 2.64 bits per heavy atom. The van der Waals surface area contributed by atoms with Crippen LogP contribution in [0.25, 0.3) is 0 Å². The molecule has 1 amide bonds. The van der Waals surface area contributed by atoms with Gasteiger partial charge in [0.15, 0.2) is 5.16 Å². The molecule has 0 saturated carbocycles. The van der Waals surface area contributed by atoms with Crippen LogP contribution in [0, 0.1) is 0 Å². The van der Waals surface area contributed by atoms with Crippen LogP contribution in [0.15, 0.2) is 40.3 Å². The molecule has 0 fully saturated rings. The van der Waals surface area contributed by atoms with E-state index < -0.39 is 0 Å². The molecule has 1 N–H and O–H groups in total. The highest BCUT2D eigenvalue weighted by Crippen LogP contribution is 2.23. The monoisotopic (exact) mass is 316 g/mol. The number of thioether (sulfide) groups is 1. The third kappa shape index (κ3) is 2.48. The van der Waals surface area contributed by atoms with Crippen LogP contribution >= 0.6 is 11.8 Å². The topological polar surface area (TPSA) is 67.2 Å². The molecule has 0 saturated heterocycles. The van der Waals surface area contributed by atoms with Gasteiger partial charge in [-0.2, -0.15) is 0 Å². The van der Waals surface area contributed by atoms with E-state index in [4.69, 9.17) is 0 Å². The lowest BCUT2D eigenvalue weighted by molar-refractivity contribution is -0.117. The maximum Gasteiger partial charge on any atom is 0.261 e. The summed E-state index contributed by atoms with van der Waals surface area (Å²) in [7, 11) is 1.70. The van der Waals surface area contributed by atoms with Crippen LogP contribution in [0.3, 0.4) is 0 Å². The second-order valence-corrected chi connectivity index (χ2v) is 5.73. The molecule has 7 heteroatoms. The Morgan fingerprint density at radius 2 is 1.95 bits per heavy atom.